The Kier molecular flexibility index (Phi) is 6.04. The van der Waals surface area contributed by atoms with E-state index in [0.717, 1.165) is 23.4 Å². The smallest absolute Gasteiger partial charge is 0.306 e. The van der Waals surface area contributed by atoms with Crippen LogP contribution >= 0.6 is 11.6 Å². The highest BCUT2D eigenvalue weighted by molar-refractivity contribution is 6.30. The van der Waals surface area contributed by atoms with E-state index in [4.69, 9.17) is 25.8 Å². The fraction of sp³-hybridized carbons (Fsp3) is 0.458. The van der Waals surface area contributed by atoms with Gasteiger partial charge in [0, 0.05) is 34.9 Å². The van der Waals surface area contributed by atoms with Crippen molar-refractivity contribution in [2.45, 2.75) is 39.4 Å². The van der Waals surface area contributed by atoms with Gasteiger partial charge < -0.3 is 24.2 Å². The zero-order valence-electron chi connectivity index (χ0n) is 18.1. The average molecular weight is 446 g/mol. The summed E-state index contributed by atoms with van der Waals surface area (Å²) in [5.41, 5.74) is 2.71. The van der Waals surface area contributed by atoms with Crippen LogP contribution in [0.4, 0.5) is 5.69 Å². The summed E-state index contributed by atoms with van der Waals surface area (Å²) < 4.78 is 18.2. The normalized spacial score (nSPS) is 20.7. The lowest BCUT2D eigenvalue weighted by atomic mass is 9.94. The molecule has 6 nitrogen and oxygen atoms in total. The average Bonchev–Trinajstić information content (AvgIpc) is 2.82. The summed E-state index contributed by atoms with van der Waals surface area (Å²) in [7, 11) is 0. The van der Waals surface area contributed by atoms with Crippen molar-refractivity contribution in [2.75, 3.05) is 31.2 Å². The van der Waals surface area contributed by atoms with Gasteiger partial charge in [0.15, 0.2) is 11.5 Å². The van der Waals surface area contributed by atoms with Gasteiger partial charge in [0.25, 0.3) is 0 Å². The maximum absolute atomic E-state index is 11.6. The van der Waals surface area contributed by atoms with E-state index in [1.807, 2.05) is 36.4 Å². The van der Waals surface area contributed by atoms with E-state index in [0.29, 0.717) is 36.3 Å². The minimum atomic E-state index is -0.891. The summed E-state index contributed by atoms with van der Waals surface area (Å²) in [6.07, 6.45) is -1.12. The van der Waals surface area contributed by atoms with E-state index in [1.54, 1.807) is 0 Å². The Morgan fingerprint density at radius 1 is 1.16 bits per heavy atom. The van der Waals surface area contributed by atoms with Gasteiger partial charge in [0.2, 0.25) is 0 Å². The van der Waals surface area contributed by atoms with Crippen LogP contribution in [0.15, 0.2) is 36.4 Å². The van der Waals surface area contributed by atoms with Gasteiger partial charge >= 0.3 is 5.97 Å². The molecule has 0 fully saturated rings. The van der Waals surface area contributed by atoms with Crippen LogP contribution in [0.5, 0.6) is 11.5 Å². The van der Waals surface area contributed by atoms with Crippen LogP contribution in [0.1, 0.15) is 44.4 Å². The lowest BCUT2D eigenvalue weighted by Crippen LogP contribution is -2.39. The van der Waals surface area contributed by atoms with Gasteiger partial charge in [-0.15, -0.1) is 0 Å². The summed E-state index contributed by atoms with van der Waals surface area (Å²) in [6, 6.07) is 11.5. The second-order valence-corrected chi connectivity index (χ2v) is 9.69. The molecule has 0 bridgehead atoms. The van der Waals surface area contributed by atoms with E-state index >= 15 is 0 Å². The van der Waals surface area contributed by atoms with Crippen LogP contribution in [0.25, 0.3) is 0 Å². The van der Waals surface area contributed by atoms with Crippen LogP contribution < -0.4 is 14.4 Å². The number of fused-ring (bicyclic) bond motifs is 2. The Bertz CT molecular complexity index is 971. The molecule has 0 aromatic heterocycles. The number of hydrogen-bond acceptors (Lipinski definition) is 5. The number of ether oxygens (including phenoxy) is 3. The van der Waals surface area contributed by atoms with Crippen LogP contribution in [0, 0.1) is 5.41 Å². The van der Waals surface area contributed by atoms with Gasteiger partial charge in [-0.05, 0) is 29.7 Å². The van der Waals surface area contributed by atoms with Gasteiger partial charge in [-0.3, -0.25) is 4.79 Å². The zero-order chi connectivity index (χ0) is 22.2. The highest BCUT2D eigenvalue weighted by Gasteiger charge is 2.35. The molecule has 2 aromatic rings. The highest BCUT2D eigenvalue weighted by atomic mass is 35.5. The van der Waals surface area contributed by atoms with E-state index in [9.17, 15) is 9.90 Å². The molecule has 1 N–H and O–H groups in total. The number of aliphatic carboxylic acids is 1. The maximum atomic E-state index is 11.6. The number of rotatable bonds is 4. The van der Waals surface area contributed by atoms with Crippen LogP contribution in [-0.4, -0.2) is 43.5 Å². The summed E-state index contributed by atoms with van der Waals surface area (Å²) in [4.78, 5) is 13.8. The molecule has 2 heterocycles. The number of anilines is 1. The molecule has 31 heavy (non-hydrogen) atoms. The Hall–Kier alpha value is -2.44. The molecule has 0 saturated heterocycles. The molecular weight excluding hydrogens is 418 g/mol. The second-order valence-electron chi connectivity index (χ2n) is 9.25. The number of hydrogen-bond donors (Lipinski definition) is 1. The Morgan fingerprint density at radius 3 is 2.68 bits per heavy atom. The number of para-hydroxylation sites is 1. The first-order chi connectivity index (χ1) is 14.7. The SMILES string of the molecule is CC(C)(C)CN1C[C@H](CC(=O)O)O[C@@H](c2cccc3c2OCCO3)c2cc(Cl)ccc21. The Balaban J connectivity index is 1.86. The molecule has 0 amide bonds. The van der Waals surface area contributed by atoms with Crippen molar-refractivity contribution in [2.24, 2.45) is 5.41 Å². The number of carbonyl (C=O) groups is 1. The van der Waals surface area contributed by atoms with Crippen LogP contribution in [0.3, 0.4) is 0 Å². The van der Waals surface area contributed by atoms with Gasteiger partial charge in [0.1, 0.15) is 19.3 Å². The van der Waals surface area contributed by atoms with E-state index in [2.05, 4.69) is 25.7 Å². The molecular formula is C24H28ClNO5. The molecule has 2 aromatic carbocycles. The molecule has 0 unspecified atom stereocenters. The first-order valence-corrected chi connectivity index (χ1v) is 10.9. The lowest BCUT2D eigenvalue weighted by Gasteiger charge is -2.33. The van der Waals surface area contributed by atoms with E-state index in [-0.39, 0.29) is 11.8 Å². The van der Waals surface area contributed by atoms with Crippen molar-refractivity contribution in [3.05, 3.63) is 52.5 Å². The fourth-order valence-corrected chi connectivity index (χ4v) is 4.43. The Morgan fingerprint density at radius 2 is 1.94 bits per heavy atom. The molecule has 0 saturated carbocycles. The molecule has 0 radical (unpaired) electrons. The molecule has 0 aliphatic carbocycles. The summed E-state index contributed by atoms with van der Waals surface area (Å²) in [5, 5.41) is 10.1. The number of carboxylic acid groups (broad SMARTS) is 1. The van der Waals surface area contributed by atoms with Crippen molar-refractivity contribution in [1.82, 2.24) is 0 Å². The highest BCUT2D eigenvalue weighted by Crippen LogP contribution is 2.46. The zero-order valence-corrected chi connectivity index (χ0v) is 18.8. The van der Waals surface area contributed by atoms with Crippen LogP contribution in [0.2, 0.25) is 5.02 Å². The number of halogens is 1. The second kappa shape index (κ2) is 8.60. The maximum Gasteiger partial charge on any atom is 0.306 e. The number of nitrogens with zero attached hydrogens (tertiary/aromatic N) is 1. The molecule has 0 spiro atoms. The van der Waals surface area contributed by atoms with Gasteiger partial charge in [-0.25, -0.2) is 0 Å². The molecule has 2 aliphatic heterocycles. The van der Waals surface area contributed by atoms with Gasteiger partial charge in [0.05, 0.1) is 12.5 Å². The molecule has 7 heteroatoms. The van der Waals surface area contributed by atoms with Crippen molar-refractivity contribution in [3.8, 4) is 11.5 Å². The summed E-state index contributed by atoms with van der Waals surface area (Å²) in [5.74, 6) is 0.419. The van der Waals surface area contributed by atoms with E-state index < -0.39 is 18.2 Å². The van der Waals surface area contributed by atoms with Crippen molar-refractivity contribution in [1.29, 1.82) is 0 Å². The number of benzene rings is 2. The quantitative estimate of drug-likeness (QED) is 0.719. The third kappa shape index (κ3) is 4.91. The predicted molar refractivity (Wildman–Crippen MR) is 120 cm³/mol. The first-order valence-electron chi connectivity index (χ1n) is 10.5. The minimum absolute atomic E-state index is 0.00732. The summed E-state index contributed by atoms with van der Waals surface area (Å²) >= 11 is 6.40. The van der Waals surface area contributed by atoms with Crippen molar-refractivity contribution in [3.63, 3.8) is 0 Å². The van der Waals surface area contributed by atoms with Gasteiger partial charge in [-0.1, -0.05) is 44.5 Å². The van der Waals surface area contributed by atoms with Gasteiger partial charge in [-0.2, -0.15) is 0 Å². The third-order valence-electron chi connectivity index (χ3n) is 5.31. The van der Waals surface area contributed by atoms with E-state index in [1.165, 1.54) is 0 Å². The topological polar surface area (TPSA) is 68.2 Å². The van der Waals surface area contributed by atoms with Crippen molar-refractivity contribution < 1.29 is 24.1 Å². The molecule has 166 valence electrons. The predicted octanol–water partition coefficient (Wildman–Crippen LogP) is 4.93. The van der Waals surface area contributed by atoms with Crippen molar-refractivity contribution >= 4 is 23.3 Å². The largest absolute Gasteiger partial charge is 0.486 e. The fourth-order valence-electron chi connectivity index (χ4n) is 4.25. The number of carboxylic acids is 1. The molecule has 2 aliphatic rings. The minimum Gasteiger partial charge on any atom is -0.486 e. The Labute approximate surface area is 187 Å². The monoisotopic (exact) mass is 445 g/mol. The lowest BCUT2D eigenvalue weighted by molar-refractivity contribution is -0.140. The molecule has 4 rings (SSSR count). The molecule has 2 atom stereocenters. The standard InChI is InChI=1S/C24H28ClNO5/c1-24(2,3)14-26-13-16(12-21(27)28)31-22(18-11-15(25)7-8-19(18)26)17-5-4-6-20-23(17)30-10-9-29-20/h4-8,11,16,22H,9-10,12-14H2,1-3H3,(H,27,28)/t16-,22-/m0/s1. The first kappa shape index (κ1) is 21.8. The van der Waals surface area contributed by atoms with Crippen LogP contribution in [-0.2, 0) is 9.53 Å². The summed E-state index contributed by atoms with van der Waals surface area (Å²) in [6.45, 7) is 8.66. The third-order valence-corrected chi connectivity index (χ3v) is 5.55.